The Morgan fingerprint density at radius 3 is 2.62 bits per heavy atom. The van der Waals surface area contributed by atoms with Gasteiger partial charge in [-0.1, -0.05) is 12.1 Å². The van der Waals surface area contributed by atoms with E-state index in [1.54, 1.807) is 0 Å². The van der Waals surface area contributed by atoms with Gasteiger partial charge in [0.15, 0.2) is 0 Å². The zero-order chi connectivity index (χ0) is 18.8. The first-order valence-corrected chi connectivity index (χ1v) is 8.12. The number of aromatic nitrogens is 1. The molecule has 8 heteroatoms. The molecule has 0 saturated carbocycles. The zero-order valence-electron chi connectivity index (χ0n) is 13.8. The molecular formula is C18H18F3N3O2. The van der Waals surface area contributed by atoms with Gasteiger partial charge in [-0.2, -0.15) is 13.2 Å². The SMILES string of the molecule is O=C(NC[C@@]1(O)CCNC1)c1ccc(-c2ncccc2C(F)(F)F)cc1. The summed E-state index contributed by atoms with van der Waals surface area (Å²) >= 11 is 0. The smallest absolute Gasteiger partial charge is 0.387 e. The third-order valence-electron chi connectivity index (χ3n) is 4.33. The van der Waals surface area contributed by atoms with Crippen LogP contribution in [0, 0.1) is 0 Å². The van der Waals surface area contributed by atoms with Gasteiger partial charge in [0.1, 0.15) is 0 Å². The number of carbonyl (C=O) groups excluding carboxylic acids is 1. The van der Waals surface area contributed by atoms with Gasteiger partial charge in [0.25, 0.3) is 5.91 Å². The van der Waals surface area contributed by atoms with Crippen molar-refractivity contribution in [1.29, 1.82) is 0 Å². The number of aliphatic hydroxyl groups is 1. The van der Waals surface area contributed by atoms with E-state index >= 15 is 0 Å². The predicted molar refractivity (Wildman–Crippen MR) is 89.4 cm³/mol. The van der Waals surface area contributed by atoms with Crippen molar-refractivity contribution < 1.29 is 23.1 Å². The van der Waals surface area contributed by atoms with Gasteiger partial charge in [0, 0.05) is 30.4 Å². The molecule has 3 N–H and O–H groups in total. The molecule has 0 spiro atoms. The first-order valence-electron chi connectivity index (χ1n) is 8.12. The molecular weight excluding hydrogens is 347 g/mol. The van der Waals surface area contributed by atoms with Gasteiger partial charge >= 0.3 is 6.18 Å². The van der Waals surface area contributed by atoms with Crippen LogP contribution in [-0.4, -0.2) is 41.2 Å². The number of nitrogens with zero attached hydrogens (tertiary/aromatic N) is 1. The van der Waals surface area contributed by atoms with Crippen LogP contribution in [0.4, 0.5) is 13.2 Å². The molecule has 1 aromatic carbocycles. The number of amides is 1. The van der Waals surface area contributed by atoms with E-state index in [1.165, 1.54) is 36.5 Å². The van der Waals surface area contributed by atoms with Gasteiger partial charge in [-0.15, -0.1) is 0 Å². The summed E-state index contributed by atoms with van der Waals surface area (Å²) in [5.74, 6) is -0.394. The lowest BCUT2D eigenvalue weighted by atomic mass is 10.0. The summed E-state index contributed by atoms with van der Waals surface area (Å²) in [6.07, 6.45) is -2.67. The molecule has 5 nitrogen and oxygen atoms in total. The number of hydrogen-bond donors (Lipinski definition) is 3. The number of β-amino-alcohol motifs (C(OH)–C–C–N with tert-alkyl or cyclic N) is 1. The largest absolute Gasteiger partial charge is 0.418 e. The molecule has 3 rings (SSSR count). The zero-order valence-corrected chi connectivity index (χ0v) is 13.8. The van der Waals surface area contributed by atoms with E-state index in [0.717, 1.165) is 6.07 Å². The maximum atomic E-state index is 13.1. The van der Waals surface area contributed by atoms with E-state index in [-0.39, 0.29) is 17.8 Å². The van der Waals surface area contributed by atoms with Crippen molar-refractivity contribution in [3.8, 4) is 11.3 Å². The van der Waals surface area contributed by atoms with Crippen molar-refractivity contribution in [2.24, 2.45) is 0 Å². The maximum absolute atomic E-state index is 13.1. The van der Waals surface area contributed by atoms with E-state index in [4.69, 9.17) is 0 Å². The van der Waals surface area contributed by atoms with Gasteiger partial charge < -0.3 is 15.7 Å². The Labute approximate surface area is 148 Å². The van der Waals surface area contributed by atoms with Crippen molar-refractivity contribution in [3.05, 3.63) is 53.7 Å². The molecule has 138 valence electrons. The Hall–Kier alpha value is -2.45. The fourth-order valence-electron chi connectivity index (χ4n) is 2.87. The summed E-state index contributed by atoms with van der Waals surface area (Å²) in [5, 5.41) is 15.9. The second-order valence-electron chi connectivity index (χ2n) is 6.31. The highest BCUT2D eigenvalue weighted by Gasteiger charge is 2.34. The number of rotatable bonds is 4. The van der Waals surface area contributed by atoms with E-state index in [2.05, 4.69) is 15.6 Å². The Balaban J connectivity index is 1.74. The van der Waals surface area contributed by atoms with Crippen LogP contribution >= 0.6 is 0 Å². The topological polar surface area (TPSA) is 74.2 Å². The van der Waals surface area contributed by atoms with E-state index in [1.807, 2.05) is 0 Å². The molecule has 0 aliphatic carbocycles. The first-order chi connectivity index (χ1) is 12.3. The molecule has 0 unspecified atom stereocenters. The van der Waals surface area contributed by atoms with Crippen LogP contribution in [0.3, 0.4) is 0 Å². The van der Waals surface area contributed by atoms with Crippen molar-refractivity contribution in [3.63, 3.8) is 0 Å². The first kappa shape index (κ1) is 18.3. The van der Waals surface area contributed by atoms with Gasteiger partial charge in [0.2, 0.25) is 0 Å². The highest BCUT2D eigenvalue weighted by molar-refractivity contribution is 5.94. The van der Waals surface area contributed by atoms with Crippen molar-refractivity contribution in [2.75, 3.05) is 19.6 Å². The fourth-order valence-corrected chi connectivity index (χ4v) is 2.87. The predicted octanol–water partition coefficient (Wildman–Crippen LogP) is 2.22. The third-order valence-corrected chi connectivity index (χ3v) is 4.33. The molecule has 26 heavy (non-hydrogen) atoms. The normalized spacial score (nSPS) is 20.2. The number of benzene rings is 1. The average molecular weight is 365 g/mol. The van der Waals surface area contributed by atoms with Crippen molar-refractivity contribution >= 4 is 5.91 Å². The molecule has 0 bridgehead atoms. The number of pyridine rings is 1. The van der Waals surface area contributed by atoms with Crippen molar-refractivity contribution in [1.82, 2.24) is 15.6 Å². The fraction of sp³-hybridized carbons (Fsp3) is 0.333. The highest BCUT2D eigenvalue weighted by Crippen LogP contribution is 2.35. The Morgan fingerprint density at radius 2 is 2.00 bits per heavy atom. The molecule has 1 aromatic heterocycles. The summed E-state index contributed by atoms with van der Waals surface area (Å²) in [6, 6.07) is 7.94. The Bertz CT molecular complexity index is 785. The lowest BCUT2D eigenvalue weighted by Crippen LogP contribution is -2.44. The molecule has 1 fully saturated rings. The minimum Gasteiger partial charge on any atom is -0.387 e. The molecule has 2 heterocycles. The van der Waals surface area contributed by atoms with E-state index in [0.29, 0.717) is 25.1 Å². The van der Waals surface area contributed by atoms with Gasteiger partial charge in [-0.3, -0.25) is 9.78 Å². The molecule has 2 aromatic rings. The van der Waals surface area contributed by atoms with Gasteiger partial charge in [-0.05, 0) is 37.2 Å². The second kappa shape index (κ2) is 7.05. The maximum Gasteiger partial charge on any atom is 0.418 e. The molecule has 1 amide bonds. The lowest BCUT2D eigenvalue weighted by Gasteiger charge is -2.21. The molecule has 0 radical (unpaired) electrons. The summed E-state index contributed by atoms with van der Waals surface area (Å²) < 4.78 is 39.3. The van der Waals surface area contributed by atoms with Crippen LogP contribution in [-0.2, 0) is 6.18 Å². The minimum absolute atomic E-state index is 0.110. The third kappa shape index (κ3) is 4.03. The Morgan fingerprint density at radius 1 is 1.27 bits per heavy atom. The molecule has 1 atom stereocenters. The van der Waals surface area contributed by atoms with Crippen LogP contribution in [0.2, 0.25) is 0 Å². The highest BCUT2D eigenvalue weighted by atomic mass is 19.4. The van der Waals surface area contributed by atoms with E-state index < -0.39 is 23.2 Å². The standard InChI is InChI=1S/C18H18F3N3O2/c19-18(20,21)14-2-1-8-23-15(14)12-3-5-13(6-4-12)16(25)24-11-17(26)7-9-22-10-17/h1-6,8,22,26H,7,9-11H2,(H,24,25)/t17-/m1/s1. The van der Waals surface area contributed by atoms with Gasteiger partial charge in [-0.25, -0.2) is 0 Å². The summed E-state index contributed by atoms with van der Waals surface area (Å²) in [6.45, 7) is 1.21. The van der Waals surface area contributed by atoms with Crippen molar-refractivity contribution in [2.45, 2.75) is 18.2 Å². The number of hydrogen-bond acceptors (Lipinski definition) is 4. The Kier molecular flexibility index (Phi) is 4.97. The van der Waals surface area contributed by atoms with Crippen LogP contribution in [0.15, 0.2) is 42.6 Å². The van der Waals surface area contributed by atoms with Crippen LogP contribution in [0.25, 0.3) is 11.3 Å². The summed E-state index contributed by atoms with van der Waals surface area (Å²) in [4.78, 5) is 16.0. The monoisotopic (exact) mass is 365 g/mol. The van der Waals surface area contributed by atoms with Crippen LogP contribution in [0.5, 0.6) is 0 Å². The number of halogens is 3. The summed E-state index contributed by atoms with van der Waals surface area (Å²) in [5.41, 5.74) is -1.40. The second-order valence-corrected chi connectivity index (χ2v) is 6.31. The number of nitrogens with one attached hydrogen (secondary N) is 2. The molecule has 1 saturated heterocycles. The minimum atomic E-state index is -4.51. The van der Waals surface area contributed by atoms with Crippen LogP contribution < -0.4 is 10.6 Å². The molecule has 1 aliphatic rings. The van der Waals surface area contributed by atoms with Crippen LogP contribution in [0.1, 0.15) is 22.3 Å². The molecule has 1 aliphatic heterocycles. The number of alkyl halides is 3. The number of carbonyl (C=O) groups is 1. The van der Waals surface area contributed by atoms with E-state index in [9.17, 15) is 23.1 Å². The van der Waals surface area contributed by atoms with Gasteiger partial charge in [0.05, 0.1) is 16.9 Å². The summed E-state index contributed by atoms with van der Waals surface area (Å²) in [7, 11) is 0. The lowest BCUT2D eigenvalue weighted by molar-refractivity contribution is -0.137. The average Bonchev–Trinajstić information content (AvgIpc) is 3.06. The quantitative estimate of drug-likeness (QED) is 0.777.